The first kappa shape index (κ1) is 15.2. The molecular formula is C17H13ClF2N2O2. The summed E-state index contributed by atoms with van der Waals surface area (Å²) in [6.45, 7) is -0.0552. The van der Waals surface area contributed by atoms with Gasteiger partial charge in [-0.25, -0.2) is 13.6 Å². The van der Waals surface area contributed by atoms with Crippen molar-refractivity contribution < 1.29 is 13.5 Å². The molecule has 0 aliphatic heterocycles. The third-order valence-corrected chi connectivity index (χ3v) is 4.58. The normalized spacial score (nSPS) is 18.7. The number of benzene rings is 2. The van der Waals surface area contributed by atoms with Gasteiger partial charge in [-0.3, -0.25) is 0 Å². The second-order valence-corrected chi connectivity index (χ2v) is 6.31. The molecule has 1 fully saturated rings. The van der Waals surface area contributed by atoms with Gasteiger partial charge < -0.3 is 14.7 Å². The van der Waals surface area contributed by atoms with Gasteiger partial charge in [0.25, 0.3) is 5.92 Å². The molecule has 1 atom stereocenters. The third kappa shape index (κ3) is 2.67. The molecule has 1 heterocycles. The molecule has 1 aliphatic rings. The minimum absolute atomic E-state index is 0.0552. The van der Waals surface area contributed by atoms with Crippen LogP contribution >= 0.6 is 11.6 Å². The van der Waals surface area contributed by atoms with Crippen LogP contribution in [0.1, 0.15) is 6.42 Å². The molecule has 2 aromatic carbocycles. The Morgan fingerprint density at radius 1 is 1.21 bits per heavy atom. The third-order valence-electron chi connectivity index (χ3n) is 4.19. The van der Waals surface area contributed by atoms with Crippen LogP contribution in [-0.2, 0) is 0 Å². The summed E-state index contributed by atoms with van der Waals surface area (Å²) in [6, 6.07) is 10.6. The first-order valence-electron chi connectivity index (χ1n) is 7.45. The average Bonchev–Trinajstić information content (AvgIpc) is 2.97. The molecule has 1 aromatic heterocycles. The Balaban J connectivity index is 1.64. The molecule has 24 heavy (non-hydrogen) atoms. The van der Waals surface area contributed by atoms with Crippen molar-refractivity contribution >= 4 is 22.6 Å². The van der Waals surface area contributed by atoms with Crippen LogP contribution in [0.4, 0.5) is 8.78 Å². The predicted molar refractivity (Wildman–Crippen MR) is 87.9 cm³/mol. The average molecular weight is 351 g/mol. The van der Waals surface area contributed by atoms with Crippen molar-refractivity contribution in [2.75, 3.05) is 6.61 Å². The van der Waals surface area contributed by atoms with Crippen molar-refractivity contribution in [2.24, 2.45) is 5.92 Å². The van der Waals surface area contributed by atoms with Crippen LogP contribution in [0.2, 0.25) is 5.02 Å². The molecule has 0 bridgehead atoms. The number of halogens is 3. The second kappa shape index (κ2) is 5.34. The fourth-order valence-corrected chi connectivity index (χ4v) is 2.98. The molecule has 4 rings (SSSR count). The molecule has 0 spiro atoms. The number of imidazole rings is 1. The molecule has 1 saturated carbocycles. The molecule has 2 N–H and O–H groups in total. The summed E-state index contributed by atoms with van der Waals surface area (Å²) in [4.78, 5) is 16.7. The van der Waals surface area contributed by atoms with Crippen molar-refractivity contribution in [1.82, 2.24) is 9.97 Å². The number of H-pyrrole nitrogens is 2. The number of alkyl halides is 2. The fourth-order valence-electron chi connectivity index (χ4n) is 2.69. The number of ether oxygens (including phenoxy) is 1. The molecule has 4 nitrogen and oxygen atoms in total. The van der Waals surface area contributed by atoms with E-state index in [2.05, 4.69) is 9.97 Å². The summed E-state index contributed by atoms with van der Waals surface area (Å²) in [5, 5.41) is 0.360. The molecule has 7 heteroatoms. The standard InChI is InChI=1S/C17H13ClF2N2O2/c18-15-11(9-4-5-12-13(6-9)22-16(23)21-12)2-1-3-14(15)24-8-10-7-17(10,19)20/h1-6,10H,7-8H2,(H2,21,22,23). The highest BCUT2D eigenvalue weighted by atomic mass is 35.5. The van der Waals surface area contributed by atoms with E-state index in [1.807, 2.05) is 12.1 Å². The van der Waals surface area contributed by atoms with E-state index < -0.39 is 11.8 Å². The SMILES string of the molecule is O=c1[nH]c2ccc(-c3cccc(OCC4CC4(F)F)c3Cl)cc2[nH]1. The van der Waals surface area contributed by atoms with Gasteiger partial charge >= 0.3 is 5.69 Å². The van der Waals surface area contributed by atoms with E-state index >= 15 is 0 Å². The lowest BCUT2D eigenvalue weighted by molar-refractivity contribution is 0.0856. The Morgan fingerprint density at radius 3 is 2.71 bits per heavy atom. The monoisotopic (exact) mass is 350 g/mol. The number of rotatable bonds is 4. The summed E-state index contributed by atoms with van der Waals surface area (Å²) in [5.74, 6) is -2.98. The first-order valence-corrected chi connectivity index (χ1v) is 7.83. The lowest BCUT2D eigenvalue weighted by Crippen LogP contribution is -2.06. The van der Waals surface area contributed by atoms with Crippen LogP contribution in [0, 0.1) is 5.92 Å². The number of aromatic nitrogens is 2. The number of nitrogens with one attached hydrogen (secondary N) is 2. The van der Waals surface area contributed by atoms with Crippen LogP contribution in [-0.4, -0.2) is 22.5 Å². The Kier molecular flexibility index (Phi) is 3.38. The van der Waals surface area contributed by atoms with E-state index in [9.17, 15) is 13.6 Å². The summed E-state index contributed by atoms with van der Waals surface area (Å²) < 4.78 is 31.4. The topological polar surface area (TPSA) is 57.9 Å². The molecule has 0 saturated heterocycles. The van der Waals surface area contributed by atoms with Crippen molar-refractivity contribution in [3.05, 3.63) is 51.9 Å². The Morgan fingerprint density at radius 2 is 1.96 bits per heavy atom. The van der Waals surface area contributed by atoms with Gasteiger partial charge in [0.1, 0.15) is 5.75 Å². The highest BCUT2D eigenvalue weighted by Crippen LogP contribution is 2.49. The van der Waals surface area contributed by atoms with Crippen molar-refractivity contribution in [2.45, 2.75) is 12.3 Å². The van der Waals surface area contributed by atoms with E-state index in [1.165, 1.54) is 0 Å². The summed E-state index contributed by atoms with van der Waals surface area (Å²) in [5.41, 5.74) is 2.59. The van der Waals surface area contributed by atoms with E-state index in [0.717, 1.165) is 5.56 Å². The van der Waals surface area contributed by atoms with E-state index in [1.54, 1.807) is 24.3 Å². The maximum atomic E-state index is 12.9. The van der Waals surface area contributed by atoms with E-state index in [-0.39, 0.29) is 18.7 Å². The van der Waals surface area contributed by atoms with Crippen molar-refractivity contribution in [3.8, 4) is 16.9 Å². The van der Waals surface area contributed by atoms with Gasteiger partial charge in [0, 0.05) is 12.0 Å². The predicted octanol–water partition coefficient (Wildman–Crippen LogP) is 4.21. The number of fused-ring (bicyclic) bond motifs is 1. The largest absolute Gasteiger partial charge is 0.491 e. The summed E-state index contributed by atoms with van der Waals surface area (Å²) >= 11 is 6.38. The van der Waals surface area contributed by atoms with Gasteiger partial charge in [0.2, 0.25) is 0 Å². The minimum Gasteiger partial charge on any atom is -0.491 e. The molecule has 0 amide bonds. The molecule has 1 unspecified atom stereocenters. The maximum absolute atomic E-state index is 12.9. The van der Waals surface area contributed by atoms with Crippen LogP contribution in [0.15, 0.2) is 41.2 Å². The van der Waals surface area contributed by atoms with Crippen LogP contribution in [0.3, 0.4) is 0 Å². The molecular weight excluding hydrogens is 338 g/mol. The van der Waals surface area contributed by atoms with Gasteiger partial charge in [-0.1, -0.05) is 29.8 Å². The highest BCUT2D eigenvalue weighted by molar-refractivity contribution is 6.34. The van der Waals surface area contributed by atoms with Crippen LogP contribution in [0.5, 0.6) is 5.75 Å². The minimum atomic E-state index is -2.62. The number of aromatic amines is 2. The second-order valence-electron chi connectivity index (χ2n) is 5.93. The molecule has 124 valence electrons. The Labute approximate surface area is 140 Å². The van der Waals surface area contributed by atoms with E-state index in [0.29, 0.717) is 27.4 Å². The van der Waals surface area contributed by atoms with E-state index in [4.69, 9.17) is 16.3 Å². The highest BCUT2D eigenvalue weighted by Gasteiger charge is 2.57. The lowest BCUT2D eigenvalue weighted by atomic mass is 10.0. The lowest BCUT2D eigenvalue weighted by Gasteiger charge is -2.11. The molecule has 1 aliphatic carbocycles. The summed E-state index contributed by atoms with van der Waals surface area (Å²) in [7, 11) is 0. The number of hydrogen-bond acceptors (Lipinski definition) is 2. The van der Waals surface area contributed by atoms with Crippen LogP contribution in [0.25, 0.3) is 22.2 Å². The number of hydrogen-bond donors (Lipinski definition) is 2. The Hall–Kier alpha value is -2.34. The molecule has 3 aromatic rings. The zero-order valence-electron chi connectivity index (χ0n) is 12.4. The van der Waals surface area contributed by atoms with Gasteiger partial charge in [0.05, 0.1) is 28.6 Å². The molecule has 0 radical (unpaired) electrons. The van der Waals surface area contributed by atoms with Crippen LogP contribution < -0.4 is 10.4 Å². The van der Waals surface area contributed by atoms with Gasteiger partial charge in [-0.05, 0) is 23.8 Å². The Bertz CT molecular complexity index is 980. The van der Waals surface area contributed by atoms with Crippen molar-refractivity contribution in [3.63, 3.8) is 0 Å². The zero-order chi connectivity index (χ0) is 16.9. The smallest absolute Gasteiger partial charge is 0.323 e. The maximum Gasteiger partial charge on any atom is 0.323 e. The first-order chi connectivity index (χ1) is 11.4. The fraction of sp³-hybridized carbons (Fsp3) is 0.235. The van der Waals surface area contributed by atoms with Gasteiger partial charge in [0.15, 0.2) is 0 Å². The van der Waals surface area contributed by atoms with Gasteiger partial charge in [-0.2, -0.15) is 0 Å². The van der Waals surface area contributed by atoms with Gasteiger partial charge in [-0.15, -0.1) is 0 Å². The quantitative estimate of drug-likeness (QED) is 0.740. The zero-order valence-corrected chi connectivity index (χ0v) is 13.2. The summed E-state index contributed by atoms with van der Waals surface area (Å²) in [6.07, 6.45) is -0.137. The van der Waals surface area contributed by atoms with Crippen molar-refractivity contribution in [1.29, 1.82) is 0 Å².